The molecule has 2 N–H and O–H groups in total. The van der Waals surface area contributed by atoms with Crippen molar-refractivity contribution in [2.45, 2.75) is 37.8 Å². The average molecular weight is 433 g/mol. The first kappa shape index (κ1) is 19.4. The van der Waals surface area contributed by atoms with Gasteiger partial charge in [0.05, 0.1) is 16.7 Å². The lowest BCUT2D eigenvalue weighted by molar-refractivity contribution is 0.311. The minimum Gasteiger partial charge on any atom is -0.504 e. The molecule has 1 saturated carbocycles. The summed E-state index contributed by atoms with van der Waals surface area (Å²) in [5, 5.41) is 18.9. The Morgan fingerprint density at radius 3 is 2.69 bits per heavy atom. The van der Waals surface area contributed by atoms with E-state index in [-0.39, 0.29) is 5.52 Å². The fourth-order valence-electron chi connectivity index (χ4n) is 4.77. The number of pyridine rings is 2. The van der Waals surface area contributed by atoms with Crippen molar-refractivity contribution in [3.8, 4) is 17.0 Å². The summed E-state index contributed by atoms with van der Waals surface area (Å²) in [4.78, 5) is 11.8. The minimum absolute atomic E-state index is 0.150. The van der Waals surface area contributed by atoms with Crippen LogP contribution in [0.1, 0.15) is 25.7 Å². The highest BCUT2D eigenvalue weighted by Gasteiger charge is 2.27. The number of aromatic hydroxyl groups is 1. The number of anilines is 1. The van der Waals surface area contributed by atoms with Crippen molar-refractivity contribution < 1.29 is 9.50 Å². The maximum atomic E-state index is 14.7. The molecule has 1 aliphatic heterocycles. The maximum Gasteiger partial charge on any atom is 0.193 e. The summed E-state index contributed by atoms with van der Waals surface area (Å²) in [5.41, 5.74) is 2.49. The van der Waals surface area contributed by atoms with Crippen LogP contribution in [0.15, 0.2) is 36.5 Å². The van der Waals surface area contributed by atoms with Crippen LogP contribution >= 0.6 is 0 Å². The molecule has 1 saturated heterocycles. The fourth-order valence-corrected chi connectivity index (χ4v) is 4.77. The summed E-state index contributed by atoms with van der Waals surface area (Å²) in [7, 11) is 1.72. The van der Waals surface area contributed by atoms with E-state index in [0.29, 0.717) is 34.2 Å². The van der Waals surface area contributed by atoms with E-state index in [1.807, 2.05) is 18.2 Å². The lowest BCUT2D eigenvalue weighted by Crippen LogP contribution is -2.43. The number of phenols is 1. The van der Waals surface area contributed by atoms with Gasteiger partial charge in [0.1, 0.15) is 11.3 Å². The normalized spacial score (nSPS) is 19.2. The van der Waals surface area contributed by atoms with E-state index in [1.54, 1.807) is 25.4 Å². The van der Waals surface area contributed by atoms with Crippen molar-refractivity contribution in [3.05, 3.63) is 42.3 Å². The van der Waals surface area contributed by atoms with Gasteiger partial charge in [0.2, 0.25) is 0 Å². The van der Waals surface area contributed by atoms with E-state index in [2.05, 4.69) is 20.3 Å². The number of hydrogen-bond donors (Lipinski definition) is 2. The van der Waals surface area contributed by atoms with Crippen molar-refractivity contribution in [2.75, 3.05) is 18.0 Å². The van der Waals surface area contributed by atoms with Crippen molar-refractivity contribution in [1.29, 1.82) is 0 Å². The molecule has 0 radical (unpaired) electrons. The Bertz CT molecular complexity index is 1330. The number of phenolic OH excluding ortho intramolecular Hbond substituents is 1. The Kier molecular flexibility index (Phi) is 4.50. The minimum atomic E-state index is -0.729. The molecule has 7 nitrogen and oxygen atoms in total. The fraction of sp³-hybridized carbons (Fsp3) is 0.375. The van der Waals surface area contributed by atoms with Crippen LogP contribution in [0.3, 0.4) is 0 Å². The van der Waals surface area contributed by atoms with Crippen molar-refractivity contribution in [3.63, 3.8) is 0 Å². The van der Waals surface area contributed by atoms with Gasteiger partial charge in [-0.2, -0.15) is 5.10 Å². The molecule has 0 bridgehead atoms. The molecule has 1 unspecified atom stereocenters. The Morgan fingerprint density at radius 2 is 1.88 bits per heavy atom. The second-order valence-electron chi connectivity index (χ2n) is 8.96. The molecule has 6 rings (SSSR count). The van der Waals surface area contributed by atoms with E-state index >= 15 is 0 Å². The van der Waals surface area contributed by atoms with Crippen molar-refractivity contribution >= 4 is 27.8 Å². The second kappa shape index (κ2) is 7.41. The van der Waals surface area contributed by atoms with E-state index in [0.717, 1.165) is 30.8 Å². The predicted molar refractivity (Wildman–Crippen MR) is 122 cm³/mol. The third-order valence-corrected chi connectivity index (χ3v) is 6.72. The van der Waals surface area contributed by atoms with Gasteiger partial charge in [0.25, 0.3) is 0 Å². The standard InChI is InChI=1S/C24H25FN6O/c1-30-12-14-11-17(24(32)22(25)23(14)29-30)18-5-6-20-19(27-18)7-8-21(28-20)31-10-9-16(13-31)26-15-3-2-4-15/h5-8,11-12,15-16,26,32H,2-4,9-10,13H2,1H3. The zero-order chi connectivity index (χ0) is 21.8. The van der Waals surface area contributed by atoms with Crippen molar-refractivity contribution in [1.82, 2.24) is 25.1 Å². The number of hydrogen-bond acceptors (Lipinski definition) is 6. The number of fused-ring (bicyclic) bond motifs is 2. The van der Waals surface area contributed by atoms with Crippen molar-refractivity contribution in [2.24, 2.45) is 7.05 Å². The molecule has 2 aliphatic rings. The predicted octanol–water partition coefficient (Wildman–Crippen LogP) is 3.75. The van der Waals surface area contributed by atoms with Gasteiger partial charge in [-0.15, -0.1) is 0 Å². The van der Waals surface area contributed by atoms with Gasteiger partial charge in [-0.3, -0.25) is 4.68 Å². The Balaban J connectivity index is 1.29. The highest BCUT2D eigenvalue weighted by molar-refractivity contribution is 5.89. The molecular weight excluding hydrogens is 407 g/mol. The van der Waals surface area contributed by atoms with Crippen LogP contribution in [-0.4, -0.2) is 50.0 Å². The molecule has 4 heterocycles. The molecule has 164 valence electrons. The highest BCUT2D eigenvalue weighted by Crippen LogP contribution is 2.36. The van der Waals surface area contributed by atoms with Gasteiger partial charge in [-0.05, 0) is 49.6 Å². The molecule has 1 atom stereocenters. The first-order valence-electron chi connectivity index (χ1n) is 11.2. The van der Waals surface area contributed by atoms with E-state index in [1.165, 1.54) is 23.9 Å². The van der Waals surface area contributed by atoms with Gasteiger partial charge in [-0.25, -0.2) is 14.4 Å². The van der Waals surface area contributed by atoms with E-state index in [9.17, 15) is 9.50 Å². The van der Waals surface area contributed by atoms with Crippen LogP contribution < -0.4 is 10.2 Å². The molecule has 8 heteroatoms. The Hall–Kier alpha value is -3.26. The zero-order valence-electron chi connectivity index (χ0n) is 17.9. The number of aryl methyl sites for hydroxylation is 1. The van der Waals surface area contributed by atoms with Gasteiger partial charge >= 0.3 is 0 Å². The van der Waals surface area contributed by atoms with Crippen LogP contribution in [0, 0.1) is 5.82 Å². The quantitative estimate of drug-likeness (QED) is 0.511. The number of nitrogens with zero attached hydrogens (tertiary/aromatic N) is 5. The molecule has 3 aromatic heterocycles. The topological polar surface area (TPSA) is 79.1 Å². The monoisotopic (exact) mass is 432 g/mol. The molecule has 4 aromatic rings. The molecule has 2 fully saturated rings. The zero-order valence-corrected chi connectivity index (χ0v) is 17.9. The van der Waals surface area contributed by atoms with E-state index in [4.69, 9.17) is 4.98 Å². The Labute approximate surface area is 184 Å². The summed E-state index contributed by atoms with van der Waals surface area (Å²) >= 11 is 0. The highest BCUT2D eigenvalue weighted by atomic mass is 19.1. The number of aromatic nitrogens is 4. The molecule has 0 spiro atoms. The number of benzene rings is 1. The molecule has 0 amide bonds. The van der Waals surface area contributed by atoms with Crippen LogP contribution in [0.2, 0.25) is 0 Å². The summed E-state index contributed by atoms with van der Waals surface area (Å²) in [6, 6.07) is 10.5. The van der Waals surface area contributed by atoms with Gasteiger partial charge < -0.3 is 15.3 Å². The lowest BCUT2D eigenvalue weighted by atomic mass is 9.92. The third-order valence-electron chi connectivity index (χ3n) is 6.72. The largest absolute Gasteiger partial charge is 0.504 e. The second-order valence-corrected chi connectivity index (χ2v) is 8.96. The third kappa shape index (κ3) is 3.26. The van der Waals surface area contributed by atoms with Crippen LogP contribution in [0.4, 0.5) is 10.2 Å². The van der Waals surface area contributed by atoms with Gasteiger partial charge in [0.15, 0.2) is 11.6 Å². The molecule has 1 aliphatic carbocycles. The Morgan fingerprint density at radius 1 is 1.06 bits per heavy atom. The summed E-state index contributed by atoms with van der Waals surface area (Å²) < 4.78 is 16.2. The maximum absolute atomic E-state index is 14.7. The molecular formula is C24H25FN6O. The summed E-state index contributed by atoms with van der Waals surface area (Å²) in [6.45, 7) is 1.96. The van der Waals surface area contributed by atoms with Crippen LogP contribution in [0.25, 0.3) is 33.2 Å². The number of nitrogens with one attached hydrogen (secondary N) is 1. The first-order chi connectivity index (χ1) is 15.5. The average Bonchev–Trinajstić information content (AvgIpc) is 3.39. The van der Waals surface area contributed by atoms with E-state index < -0.39 is 11.6 Å². The van der Waals surface area contributed by atoms with Gasteiger partial charge in [-0.1, -0.05) is 6.42 Å². The van der Waals surface area contributed by atoms with Crippen LogP contribution in [-0.2, 0) is 7.05 Å². The lowest BCUT2D eigenvalue weighted by Gasteiger charge is -2.30. The summed E-state index contributed by atoms with van der Waals surface area (Å²) in [6.07, 6.45) is 6.79. The molecule has 1 aromatic carbocycles. The molecule has 32 heavy (non-hydrogen) atoms. The number of rotatable bonds is 4. The van der Waals surface area contributed by atoms with Crippen LogP contribution in [0.5, 0.6) is 5.75 Å². The SMILES string of the molecule is Cn1cc2cc(-c3ccc4nc(N5CCC(NC6CCC6)C5)ccc4n3)c(O)c(F)c2n1. The first-order valence-corrected chi connectivity index (χ1v) is 11.2. The smallest absolute Gasteiger partial charge is 0.193 e. The number of halogens is 1. The summed E-state index contributed by atoms with van der Waals surface area (Å²) in [5.74, 6) is -0.210. The van der Waals surface area contributed by atoms with Gasteiger partial charge in [0, 0.05) is 49.4 Å².